The summed E-state index contributed by atoms with van der Waals surface area (Å²) in [5, 5.41) is 7.77. The summed E-state index contributed by atoms with van der Waals surface area (Å²) >= 11 is 0. The van der Waals surface area contributed by atoms with Crippen LogP contribution in [0.3, 0.4) is 0 Å². The molecule has 0 bridgehead atoms. The van der Waals surface area contributed by atoms with Gasteiger partial charge in [-0.05, 0) is 197 Å². The minimum Gasteiger partial charge on any atom is -0.310 e. The van der Waals surface area contributed by atoms with Crippen molar-refractivity contribution in [3.63, 3.8) is 0 Å². The number of hydrogen-bond acceptors (Lipinski definition) is 2. The second-order valence-electron chi connectivity index (χ2n) is 22.8. The molecule has 2 nitrogen and oxygen atoms in total. The predicted molar refractivity (Wildman–Crippen MR) is 306 cm³/mol. The molecule has 2 heteroatoms. The number of nitrogens with zero attached hydrogens (tertiary/aromatic N) is 2. The average molecular weight is 933 g/mol. The first kappa shape index (κ1) is 46.2. The highest BCUT2D eigenvalue weighted by atomic mass is 15.2. The van der Waals surface area contributed by atoms with E-state index in [0.717, 1.165) is 0 Å². The minimum absolute atomic E-state index is 0.400. The number of benzene rings is 8. The Balaban J connectivity index is 1.05. The van der Waals surface area contributed by atoms with Crippen molar-refractivity contribution in [3.8, 4) is 0 Å². The standard InChI is InChI=1S/C69H76N2/c1-48(2)57-35-44-63-66-46-68(70(58-36-27-53(28-37-58)49-17-7-3-8-18-49)59-38-29-54(30-39-59)50-19-9-4-10-20-50)64-26-16-15-25-62(64)65(66)47-69(67(63)45-57)71(60-40-31-55(32-41-60)51-21-11-5-12-22-51)61-42-33-56(34-43-61)52-23-13-6-14-24-52/h15-16,25-52H,3-14,17-24H2,1-2H3. The fraction of sp³-hybridized carbons (Fsp3) is 0.391. The molecular formula is C69H76N2. The van der Waals surface area contributed by atoms with E-state index >= 15 is 0 Å². The monoisotopic (exact) mass is 933 g/mol. The van der Waals surface area contributed by atoms with Gasteiger partial charge in [0.25, 0.3) is 0 Å². The van der Waals surface area contributed by atoms with E-state index < -0.39 is 0 Å². The number of hydrogen-bond donors (Lipinski definition) is 0. The third-order valence-corrected chi connectivity index (χ3v) is 18.0. The maximum Gasteiger partial charge on any atom is 0.0546 e. The number of fused-ring (bicyclic) bond motifs is 5. The van der Waals surface area contributed by atoms with Crippen molar-refractivity contribution >= 4 is 66.4 Å². The average Bonchev–Trinajstić information content (AvgIpc) is 3.45. The molecule has 0 amide bonds. The SMILES string of the molecule is CC(C)c1ccc2c(c1)c(N(c1ccc(C3CCCCC3)cc1)c1ccc(C3CCCCC3)cc1)cc1c3ccccc3c(N(c3ccc(C4CCCCC4)cc3)c3ccc(C4CCCCC4)cc3)cc21. The summed E-state index contributed by atoms with van der Waals surface area (Å²) in [4.78, 5) is 5.17. The first-order valence-corrected chi connectivity index (χ1v) is 28.5. The van der Waals surface area contributed by atoms with Crippen LogP contribution in [0.5, 0.6) is 0 Å². The van der Waals surface area contributed by atoms with Crippen LogP contribution in [-0.4, -0.2) is 0 Å². The Bertz CT molecular complexity index is 2940. The summed E-state index contributed by atoms with van der Waals surface area (Å²) in [6, 6.07) is 60.8. The molecule has 0 spiro atoms. The molecule has 4 fully saturated rings. The summed E-state index contributed by atoms with van der Waals surface area (Å²) in [7, 11) is 0. The third kappa shape index (κ3) is 9.42. The van der Waals surface area contributed by atoms with E-state index in [2.05, 4.69) is 175 Å². The first-order valence-electron chi connectivity index (χ1n) is 28.5. The van der Waals surface area contributed by atoms with Crippen LogP contribution in [0.4, 0.5) is 34.1 Å². The molecule has 0 unspecified atom stereocenters. The second kappa shape index (κ2) is 20.7. The van der Waals surface area contributed by atoms with Crippen molar-refractivity contribution in [2.24, 2.45) is 0 Å². The van der Waals surface area contributed by atoms with Crippen LogP contribution >= 0.6 is 0 Å². The molecule has 4 saturated carbocycles. The van der Waals surface area contributed by atoms with Crippen LogP contribution in [0.15, 0.2) is 152 Å². The van der Waals surface area contributed by atoms with Crippen LogP contribution in [0, 0.1) is 0 Å². The van der Waals surface area contributed by atoms with Gasteiger partial charge >= 0.3 is 0 Å². The van der Waals surface area contributed by atoms with Crippen molar-refractivity contribution in [3.05, 3.63) is 179 Å². The van der Waals surface area contributed by atoms with Gasteiger partial charge in [-0.25, -0.2) is 0 Å². The van der Waals surface area contributed by atoms with Crippen molar-refractivity contribution < 1.29 is 0 Å². The molecule has 0 radical (unpaired) electrons. The molecule has 0 aromatic heterocycles. The Hall–Kier alpha value is -5.86. The van der Waals surface area contributed by atoms with E-state index in [4.69, 9.17) is 0 Å². The smallest absolute Gasteiger partial charge is 0.0546 e. The molecular weight excluding hydrogens is 857 g/mol. The summed E-state index contributed by atoms with van der Waals surface area (Å²) in [5.41, 5.74) is 14.8. The van der Waals surface area contributed by atoms with E-state index in [1.807, 2.05) is 0 Å². The largest absolute Gasteiger partial charge is 0.310 e. The van der Waals surface area contributed by atoms with Gasteiger partial charge < -0.3 is 9.80 Å². The molecule has 0 aliphatic heterocycles. The van der Waals surface area contributed by atoms with Gasteiger partial charge in [-0.15, -0.1) is 0 Å². The van der Waals surface area contributed by atoms with E-state index in [1.165, 1.54) is 223 Å². The topological polar surface area (TPSA) is 6.48 Å². The van der Waals surface area contributed by atoms with Crippen LogP contribution in [-0.2, 0) is 0 Å². The normalized spacial score (nSPS) is 17.9. The molecule has 362 valence electrons. The summed E-state index contributed by atoms with van der Waals surface area (Å²) < 4.78 is 0. The Morgan fingerprint density at radius 2 is 0.606 bits per heavy atom. The lowest BCUT2D eigenvalue weighted by Crippen LogP contribution is -2.13. The maximum absolute atomic E-state index is 2.60. The molecule has 4 aliphatic carbocycles. The number of anilines is 6. The zero-order valence-electron chi connectivity index (χ0n) is 42.9. The summed E-state index contributed by atoms with van der Waals surface area (Å²) in [6.45, 7) is 4.69. The van der Waals surface area contributed by atoms with E-state index in [-0.39, 0.29) is 0 Å². The summed E-state index contributed by atoms with van der Waals surface area (Å²) in [6.07, 6.45) is 26.8. The highest BCUT2D eigenvalue weighted by Gasteiger charge is 2.26. The minimum atomic E-state index is 0.400. The van der Waals surface area contributed by atoms with Crippen LogP contribution in [0.1, 0.15) is 200 Å². The molecule has 8 aromatic rings. The Morgan fingerprint density at radius 1 is 0.296 bits per heavy atom. The molecule has 4 aliphatic rings. The summed E-state index contributed by atoms with van der Waals surface area (Å²) in [5.74, 6) is 3.07. The lowest BCUT2D eigenvalue weighted by atomic mass is 9.84. The Labute approximate surface area is 425 Å². The third-order valence-electron chi connectivity index (χ3n) is 18.0. The van der Waals surface area contributed by atoms with E-state index in [1.54, 1.807) is 0 Å². The van der Waals surface area contributed by atoms with Crippen LogP contribution in [0.25, 0.3) is 32.3 Å². The van der Waals surface area contributed by atoms with Gasteiger partial charge in [-0.3, -0.25) is 0 Å². The van der Waals surface area contributed by atoms with Gasteiger partial charge in [-0.1, -0.05) is 176 Å². The van der Waals surface area contributed by atoms with Gasteiger partial charge in [0, 0.05) is 33.5 Å². The van der Waals surface area contributed by atoms with Crippen molar-refractivity contribution in [2.45, 2.75) is 172 Å². The van der Waals surface area contributed by atoms with Crippen LogP contribution in [0.2, 0.25) is 0 Å². The second-order valence-corrected chi connectivity index (χ2v) is 22.8. The van der Waals surface area contributed by atoms with Crippen LogP contribution < -0.4 is 9.80 Å². The Morgan fingerprint density at radius 3 is 0.944 bits per heavy atom. The molecule has 0 saturated heterocycles. The highest BCUT2D eigenvalue weighted by Crippen LogP contribution is 2.49. The van der Waals surface area contributed by atoms with Crippen molar-refractivity contribution in [2.75, 3.05) is 9.80 Å². The zero-order chi connectivity index (χ0) is 47.7. The van der Waals surface area contributed by atoms with E-state index in [9.17, 15) is 0 Å². The predicted octanol–water partition coefficient (Wildman–Crippen LogP) is 21.4. The fourth-order valence-electron chi connectivity index (χ4n) is 13.9. The highest BCUT2D eigenvalue weighted by molar-refractivity contribution is 6.24. The molecule has 8 aromatic carbocycles. The van der Waals surface area contributed by atoms with Crippen molar-refractivity contribution in [1.29, 1.82) is 0 Å². The first-order chi connectivity index (χ1) is 35.0. The quantitative estimate of drug-likeness (QED) is 0.119. The van der Waals surface area contributed by atoms with E-state index in [0.29, 0.717) is 29.6 Å². The lowest BCUT2D eigenvalue weighted by molar-refractivity contribution is 0.443. The number of rotatable bonds is 11. The molecule has 71 heavy (non-hydrogen) atoms. The molecule has 12 rings (SSSR count). The van der Waals surface area contributed by atoms with Gasteiger partial charge in [0.2, 0.25) is 0 Å². The fourth-order valence-corrected chi connectivity index (χ4v) is 13.9. The lowest BCUT2D eigenvalue weighted by Gasteiger charge is -2.31. The van der Waals surface area contributed by atoms with Gasteiger partial charge in [-0.2, -0.15) is 0 Å². The van der Waals surface area contributed by atoms with Crippen molar-refractivity contribution in [1.82, 2.24) is 0 Å². The Kier molecular flexibility index (Phi) is 13.5. The molecule has 0 N–H and O–H groups in total. The van der Waals surface area contributed by atoms with Gasteiger partial charge in [0.15, 0.2) is 0 Å². The zero-order valence-corrected chi connectivity index (χ0v) is 42.9. The maximum atomic E-state index is 2.60. The van der Waals surface area contributed by atoms with Gasteiger partial charge in [0.05, 0.1) is 11.4 Å². The molecule has 0 atom stereocenters. The van der Waals surface area contributed by atoms with Gasteiger partial charge in [0.1, 0.15) is 0 Å². The molecule has 0 heterocycles.